The molecule has 0 bridgehead atoms. The maximum absolute atomic E-state index is 5.91. The highest BCUT2D eigenvalue weighted by Gasteiger charge is 2.02. The second-order valence-electron chi connectivity index (χ2n) is 4.01. The van der Waals surface area contributed by atoms with Crippen molar-refractivity contribution in [2.24, 2.45) is 0 Å². The summed E-state index contributed by atoms with van der Waals surface area (Å²) in [5, 5.41) is 3.27. The Kier molecular flexibility index (Phi) is 4.07. The van der Waals surface area contributed by atoms with Crippen molar-refractivity contribution in [1.82, 2.24) is 4.98 Å². The number of hydrogen-bond acceptors (Lipinski definition) is 5. The molecular formula is C14H17N3O2. The van der Waals surface area contributed by atoms with Gasteiger partial charge in [-0.3, -0.25) is 0 Å². The SMILES string of the molecule is COc1ccc(N)c(NCc2ccnc(OC)c2)c1. The molecule has 1 heterocycles. The molecule has 0 aliphatic carbocycles. The van der Waals surface area contributed by atoms with Crippen LogP contribution in [0.3, 0.4) is 0 Å². The van der Waals surface area contributed by atoms with Gasteiger partial charge in [0.2, 0.25) is 5.88 Å². The first-order valence-electron chi connectivity index (χ1n) is 5.89. The molecule has 0 aliphatic heterocycles. The van der Waals surface area contributed by atoms with E-state index in [1.165, 1.54) is 0 Å². The molecule has 0 saturated heterocycles. The van der Waals surface area contributed by atoms with E-state index in [2.05, 4.69) is 10.3 Å². The Morgan fingerprint density at radius 2 is 2.00 bits per heavy atom. The van der Waals surface area contributed by atoms with Gasteiger partial charge in [-0.2, -0.15) is 0 Å². The minimum absolute atomic E-state index is 0.595. The Bertz CT molecular complexity index is 558. The molecule has 100 valence electrons. The van der Waals surface area contributed by atoms with Crippen LogP contribution < -0.4 is 20.5 Å². The van der Waals surface area contributed by atoms with Crippen LogP contribution in [-0.2, 0) is 6.54 Å². The number of nitrogen functional groups attached to an aromatic ring is 1. The standard InChI is InChI=1S/C14H17N3O2/c1-18-11-3-4-12(15)13(8-11)17-9-10-5-6-16-14(7-10)19-2/h3-8,17H,9,15H2,1-2H3. The Morgan fingerprint density at radius 3 is 2.74 bits per heavy atom. The lowest BCUT2D eigenvalue weighted by Crippen LogP contribution is -2.03. The minimum atomic E-state index is 0.595. The fraction of sp³-hybridized carbons (Fsp3) is 0.214. The molecule has 2 aromatic rings. The molecule has 0 aliphatic rings. The number of pyridine rings is 1. The van der Waals surface area contributed by atoms with Crippen molar-refractivity contribution in [2.45, 2.75) is 6.54 Å². The van der Waals surface area contributed by atoms with Gasteiger partial charge in [-0.15, -0.1) is 0 Å². The van der Waals surface area contributed by atoms with E-state index in [-0.39, 0.29) is 0 Å². The molecule has 0 fully saturated rings. The van der Waals surface area contributed by atoms with Crippen molar-refractivity contribution < 1.29 is 9.47 Å². The van der Waals surface area contributed by atoms with Crippen molar-refractivity contribution in [3.05, 3.63) is 42.1 Å². The van der Waals surface area contributed by atoms with E-state index in [4.69, 9.17) is 15.2 Å². The van der Waals surface area contributed by atoms with Crippen molar-refractivity contribution in [3.8, 4) is 11.6 Å². The van der Waals surface area contributed by atoms with Gasteiger partial charge in [0, 0.05) is 24.9 Å². The predicted molar refractivity (Wildman–Crippen MR) is 75.5 cm³/mol. The number of ether oxygens (including phenoxy) is 2. The fourth-order valence-corrected chi connectivity index (χ4v) is 1.68. The van der Waals surface area contributed by atoms with Crippen molar-refractivity contribution in [1.29, 1.82) is 0 Å². The first kappa shape index (κ1) is 13.0. The van der Waals surface area contributed by atoms with Crippen LogP contribution in [0.2, 0.25) is 0 Å². The van der Waals surface area contributed by atoms with Crippen LogP contribution >= 0.6 is 0 Å². The molecule has 0 saturated carbocycles. The van der Waals surface area contributed by atoms with E-state index in [0.717, 1.165) is 17.0 Å². The number of rotatable bonds is 5. The molecule has 1 aromatic carbocycles. The molecule has 0 spiro atoms. The third-order valence-corrected chi connectivity index (χ3v) is 2.75. The Hall–Kier alpha value is -2.43. The number of nitrogens with zero attached hydrogens (tertiary/aromatic N) is 1. The first-order valence-corrected chi connectivity index (χ1v) is 5.89. The number of hydrogen-bond donors (Lipinski definition) is 2. The number of benzene rings is 1. The third kappa shape index (κ3) is 3.28. The lowest BCUT2D eigenvalue weighted by molar-refractivity contribution is 0.397. The molecular weight excluding hydrogens is 242 g/mol. The topological polar surface area (TPSA) is 69.4 Å². The molecule has 0 atom stereocenters. The largest absolute Gasteiger partial charge is 0.497 e. The average molecular weight is 259 g/mol. The highest BCUT2D eigenvalue weighted by molar-refractivity contribution is 5.68. The monoisotopic (exact) mass is 259 g/mol. The van der Waals surface area contributed by atoms with Crippen LogP contribution in [0.5, 0.6) is 11.6 Å². The summed E-state index contributed by atoms with van der Waals surface area (Å²) in [6.45, 7) is 0.635. The Labute approximate surface area is 112 Å². The summed E-state index contributed by atoms with van der Waals surface area (Å²) in [6.07, 6.45) is 1.71. The third-order valence-electron chi connectivity index (χ3n) is 2.75. The highest BCUT2D eigenvalue weighted by atomic mass is 16.5. The van der Waals surface area contributed by atoms with Crippen LogP contribution in [0.25, 0.3) is 0 Å². The molecule has 5 nitrogen and oxygen atoms in total. The zero-order valence-corrected chi connectivity index (χ0v) is 11.0. The number of aromatic nitrogens is 1. The lowest BCUT2D eigenvalue weighted by atomic mass is 10.2. The van der Waals surface area contributed by atoms with Crippen LogP contribution in [0.4, 0.5) is 11.4 Å². The number of nitrogens with one attached hydrogen (secondary N) is 1. The highest BCUT2D eigenvalue weighted by Crippen LogP contribution is 2.25. The van der Waals surface area contributed by atoms with Gasteiger partial charge in [0.05, 0.1) is 25.6 Å². The van der Waals surface area contributed by atoms with Gasteiger partial charge in [-0.25, -0.2) is 4.98 Å². The second kappa shape index (κ2) is 5.95. The summed E-state index contributed by atoms with van der Waals surface area (Å²) in [5.41, 5.74) is 8.50. The number of nitrogens with two attached hydrogens (primary N) is 1. The summed E-state index contributed by atoms with van der Waals surface area (Å²) in [4.78, 5) is 4.06. The second-order valence-corrected chi connectivity index (χ2v) is 4.01. The normalized spacial score (nSPS) is 10.0. The van der Waals surface area contributed by atoms with Gasteiger partial charge in [0.15, 0.2) is 0 Å². The zero-order chi connectivity index (χ0) is 13.7. The number of methoxy groups -OCH3 is 2. The molecule has 0 radical (unpaired) electrons. The quantitative estimate of drug-likeness (QED) is 0.806. The van der Waals surface area contributed by atoms with E-state index in [1.807, 2.05) is 30.3 Å². The van der Waals surface area contributed by atoms with Gasteiger partial charge in [0.1, 0.15) is 5.75 Å². The lowest BCUT2D eigenvalue weighted by Gasteiger charge is -2.11. The molecule has 19 heavy (non-hydrogen) atoms. The fourth-order valence-electron chi connectivity index (χ4n) is 1.68. The summed E-state index contributed by atoms with van der Waals surface area (Å²) in [5.74, 6) is 1.36. The van der Waals surface area contributed by atoms with Crippen LogP contribution in [-0.4, -0.2) is 19.2 Å². The minimum Gasteiger partial charge on any atom is -0.497 e. The van der Waals surface area contributed by atoms with Gasteiger partial charge >= 0.3 is 0 Å². The van der Waals surface area contributed by atoms with Crippen molar-refractivity contribution >= 4 is 11.4 Å². The van der Waals surface area contributed by atoms with Crippen molar-refractivity contribution in [2.75, 3.05) is 25.3 Å². The van der Waals surface area contributed by atoms with E-state index in [0.29, 0.717) is 18.1 Å². The summed E-state index contributed by atoms with van der Waals surface area (Å²) < 4.78 is 10.3. The Balaban J connectivity index is 2.09. The molecule has 1 aromatic heterocycles. The van der Waals surface area contributed by atoms with Gasteiger partial charge in [0.25, 0.3) is 0 Å². The van der Waals surface area contributed by atoms with Crippen LogP contribution in [0.15, 0.2) is 36.5 Å². The maximum atomic E-state index is 5.91. The molecule has 5 heteroatoms. The van der Waals surface area contributed by atoms with Crippen LogP contribution in [0, 0.1) is 0 Å². The predicted octanol–water partition coefficient (Wildman–Crippen LogP) is 2.29. The first-order chi connectivity index (χ1) is 9.22. The molecule has 0 unspecified atom stereocenters. The van der Waals surface area contributed by atoms with Gasteiger partial charge in [-0.05, 0) is 23.8 Å². The van der Waals surface area contributed by atoms with Crippen LogP contribution in [0.1, 0.15) is 5.56 Å². The smallest absolute Gasteiger partial charge is 0.213 e. The van der Waals surface area contributed by atoms with E-state index >= 15 is 0 Å². The molecule has 0 amide bonds. The average Bonchev–Trinajstić information content (AvgIpc) is 2.46. The summed E-state index contributed by atoms with van der Waals surface area (Å²) >= 11 is 0. The summed E-state index contributed by atoms with van der Waals surface area (Å²) in [7, 11) is 3.22. The van der Waals surface area contributed by atoms with Gasteiger partial charge in [-0.1, -0.05) is 0 Å². The number of anilines is 2. The van der Waals surface area contributed by atoms with Crippen molar-refractivity contribution in [3.63, 3.8) is 0 Å². The van der Waals surface area contributed by atoms with E-state index < -0.39 is 0 Å². The van der Waals surface area contributed by atoms with E-state index in [1.54, 1.807) is 20.4 Å². The van der Waals surface area contributed by atoms with E-state index in [9.17, 15) is 0 Å². The summed E-state index contributed by atoms with van der Waals surface area (Å²) in [6, 6.07) is 9.31. The Morgan fingerprint density at radius 1 is 1.16 bits per heavy atom. The maximum Gasteiger partial charge on any atom is 0.213 e. The molecule has 2 rings (SSSR count). The zero-order valence-electron chi connectivity index (χ0n) is 11.0. The van der Waals surface area contributed by atoms with Gasteiger partial charge < -0.3 is 20.5 Å². The molecule has 3 N–H and O–H groups in total.